The smallest absolute Gasteiger partial charge is 0.296 e. The Kier molecular flexibility index (Phi) is 2.81. The van der Waals surface area contributed by atoms with Crippen LogP contribution in [0, 0.1) is 0 Å². The molecular formula is C6H8BOS. The summed E-state index contributed by atoms with van der Waals surface area (Å²) in [7, 11) is 3.47. The lowest BCUT2D eigenvalue weighted by atomic mass is 9.91. The molecule has 0 saturated carbocycles. The molecule has 1 aromatic rings. The standard InChI is InChI=1S/C6H8BOS/c1-8-7-4-6-2-3-9-5-6/h2-3,5H,4H2,1H3. The van der Waals surface area contributed by atoms with Crippen LogP contribution in [0.1, 0.15) is 5.56 Å². The van der Waals surface area contributed by atoms with E-state index in [0.717, 1.165) is 6.32 Å². The average Bonchev–Trinajstić information content (AvgIpc) is 2.34. The summed E-state index contributed by atoms with van der Waals surface area (Å²) in [6.07, 6.45) is 0.917. The summed E-state index contributed by atoms with van der Waals surface area (Å²) in [5.74, 6) is 0. The van der Waals surface area contributed by atoms with Gasteiger partial charge in [0.2, 0.25) is 0 Å². The molecule has 47 valence electrons. The minimum atomic E-state index is 0.917. The number of thiophene rings is 1. The van der Waals surface area contributed by atoms with Gasteiger partial charge in [-0.05, 0) is 28.7 Å². The monoisotopic (exact) mass is 139 g/mol. The maximum Gasteiger partial charge on any atom is 0.296 e. The van der Waals surface area contributed by atoms with Crippen LogP contribution in [0.4, 0.5) is 0 Å². The molecule has 0 aliphatic carbocycles. The van der Waals surface area contributed by atoms with Crippen molar-refractivity contribution in [2.24, 2.45) is 0 Å². The van der Waals surface area contributed by atoms with Crippen molar-refractivity contribution in [1.82, 2.24) is 0 Å². The van der Waals surface area contributed by atoms with Gasteiger partial charge in [-0.15, -0.1) is 0 Å². The van der Waals surface area contributed by atoms with Crippen molar-refractivity contribution in [3.05, 3.63) is 22.4 Å². The molecule has 1 rings (SSSR count). The predicted molar refractivity (Wildman–Crippen MR) is 40.8 cm³/mol. The third-order valence-corrected chi connectivity index (χ3v) is 1.80. The molecule has 0 bridgehead atoms. The number of hydrogen-bond acceptors (Lipinski definition) is 2. The van der Waals surface area contributed by atoms with Gasteiger partial charge in [0.05, 0.1) is 0 Å². The molecule has 1 heterocycles. The quantitative estimate of drug-likeness (QED) is 0.576. The minimum Gasteiger partial charge on any atom is -0.443 e. The van der Waals surface area contributed by atoms with Crippen LogP contribution in [-0.4, -0.2) is 14.6 Å². The third-order valence-electron chi connectivity index (χ3n) is 1.07. The van der Waals surface area contributed by atoms with E-state index in [1.54, 1.807) is 25.9 Å². The van der Waals surface area contributed by atoms with E-state index >= 15 is 0 Å². The highest BCUT2D eigenvalue weighted by atomic mass is 32.1. The van der Waals surface area contributed by atoms with Gasteiger partial charge in [0.1, 0.15) is 0 Å². The summed E-state index contributed by atoms with van der Waals surface area (Å²) < 4.78 is 4.79. The first-order valence-electron chi connectivity index (χ1n) is 2.79. The van der Waals surface area contributed by atoms with Gasteiger partial charge >= 0.3 is 0 Å². The van der Waals surface area contributed by atoms with E-state index in [0.29, 0.717) is 0 Å². The molecule has 3 heteroatoms. The van der Waals surface area contributed by atoms with Gasteiger partial charge in [-0.1, -0.05) is 0 Å². The van der Waals surface area contributed by atoms with E-state index in [1.165, 1.54) is 5.56 Å². The van der Waals surface area contributed by atoms with Crippen LogP contribution >= 0.6 is 11.3 Å². The lowest BCUT2D eigenvalue weighted by Gasteiger charge is -1.89. The Balaban J connectivity index is 2.30. The molecule has 0 fully saturated rings. The zero-order valence-electron chi connectivity index (χ0n) is 5.33. The molecule has 0 amide bonds. The van der Waals surface area contributed by atoms with E-state index in [4.69, 9.17) is 4.65 Å². The molecule has 0 aromatic carbocycles. The number of rotatable bonds is 3. The molecular weight excluding hydrogens is 131 g/mol. The Morgan fingerprint density at radius 3 is 3.22 bits per heavy atom. The second kappa shape index (κ2) is 3.69. The van der Waals surface area contributed by atoms with Crippen LogP contribution in [0.5, 0.6) is 0 Å². The van der Waals surface area contributed by atoms with Crippen molar-refractivity contribution in [3.8, 4) is 0 Å². The zero-order chi connectivity index (χ0) is 6.53. The molecule has 1 aromatic heterocycles. The van der Waals surface area contributed by atoms with Crippen LogP contribution in [0.15, 0.2) is 16.8 Å². The molecule has 1 radical (unpaired) electrons. The lowest BCUT2D eigenvalue weighted by Crippen LogP contribution is -1.96. The average molecular weight is 139 g/mol. The maximum absolute atomic E-state index is 4.79. The van der Waals surface area contributed by atoms with Gasteiger partial charge in [0.25, 0.3) is 7.48 Å². The summed E-state index contributed by atoms with van der Waals surface area (Å²) in [5.41, 5.74) is 1.32. The van der Waals surface area contributed by atoms with Gasteiger partial charge in [0, 0.05) is 7.11 Å². The normalized spacial score (nSPS) is 9.44. The molecule has 0 unspecified atom stereocenters. The summed E-state index contributed by atoms with van der Waals surface area (Å²) >= 11 is 1.71. The molecule has 1 nitrogen and oxygen atoms in total. The summed E-state index contributed by atoms with van der Waals surface area (Å²) in [6, 6.07) is 2.10. The molecule has 0 spiro atoms. The Labute approximate surface area is 59.9 Å². The molecule has 0 saturated heterocycles. The summed E-state index contributed by atoms with van der Waals surface area (Å²) in [6.45, 7) is 0. The maximum atomic E-state index is 4.79. The second-order valence-electron chi connectivity index (χ2n) is 1.74. The highest BCUT2D eigenvalue weighted by molar-refractivity contribution is 7.08. The van der Waals surface area contributed by atoms with Crippen molar-refractivity contribution >= 4 is 18.8 Å². The topological polar surface area (TPSA) is 9.23 Å². The van der Waals surface area contributed by atoms with Gasteiger partial charge in [0.15, 0.2) is 0 Å². The van der Waals surface area contributed by atoms with E-state index in [9.17, 15) is 0 Å². The van der Waals surface area contributed by atoms with E-state index in [2.05, 4.69) is 16.8 Å². The summed E-state index contributed by atoms with van der Waals surface area (Å²) in [4.78, 5) is 0. The van der Waals surface area contributed by atoms with Crippen molar-refractivity contribution in [2.75, 3.05) is 7.11 Å². The molecule has 0 N–H and O–H groups in total. The summed E-state index contributed by atoms with van der Waals surface area (Å²) in [5, 5.41) is 4.19. The Morgan fingerprint density at radius 2 is 2.67 bits per heavy atom. The fraction of sp³-hybridized carbons (Fsp3) is 0.333. The molecule has 0 aliphatic rings. The van der Waals surface area contributed by atoms with E-state index < -0.39 is 0 Å². The Hall–Kier alpha value is -0.275. The first-order valence-corrected chi connectivity index (χ1v) is 3.73. The van der Waals surface area contributed by atoms with Crippen LogP contribution in [0.25, 0.3) is 0 Å². The van der Waals surface area contributed by atoms with E-state index in [-0.39, 0.29) is 0 Å². The zero-order valence-corrected chi connectivity index (χ0v) is 6.15. The minimum absolute atomic E-state index is 0.917. The van der Waals surface area contributed by atoms with Gasteiger partial charge in [-0.3, -0.25) is 0 Å². The number of hydrogen-bond donors (Lipinski definition) is 0. The van der Waals surface area contributed by atoms with Crippen molar-refractivity contribution in [3.63, 3.8) is 0 Å². The van der Waals surface area contributed by atoms with Crippen LogP contribution in [-0.2, 0) is 11.0 Å². The van der Waals surface area contributed by atoms with Crippen molar-refractivity contribution in [1.29, 1.82) is 0 Å². The first-order chi connectivity index (χ1) is 4.43. The van der Waals surface area contributed by atoms with E-state index in [1.807, 2.05) is 0 Å². The lowest BCUT2D eigenvalue weighted by molar-refractivity contribution is 0.441. The van der Waals surface area contributed by atoms with Gasteiger partial charge in [-0.25, -0.2) is 0 Å². The highest BCUT2D eigenvalue weighted by Crippen LogP contribution is 2.05. The fourth-order valence-electron chi connectivity index (χ4n) is 0.588. The fourth-order valence-corrected chi connectivity index (χ4v) is 1.27. The third kappa shape index (κ3) is 2.20. The van der Waals surface area contributed by atoms with Crippen LogP contribution < -0.4 is 0 Å². The Morgan fingerprint density at radius 1 is 1.78 bits per heavy atom. The van der Waals surface area contributed by atoms with Gasteiger partial charge in [-0.2, -0.15) is 11.3 Å². The van der Waals surface area contributed by atoms with Crippen molar-refractivity contribution in [2.45, 2.75) is 6.32 Å². The van der Waals surface area contributed by atoms with Crippen molar-refractivity contribution < 1.29 is 4.65 Å². The first kappa shape index (κ1) is 6.84. The molecule has 0 atom stereocenters. The second-order valence-corrected chi connectivity index (χ2v) is 2.52. The van der Waals surface area contributed by atoms with Crippen LogP contribution in [0.3, 0.4) is 0 Å². The largest absolute Gasteiger partial charge is 0.443 e. The molecule has 0 aliphatic heterocycles. The Bertz CT molecular complexity index is 150. The molecule has 9 heavy (non-hydrogen) atoms. The highest BCUT2D eigenvalue weighted by Gasteiger charge is 1.92. The van der Waals surface area contributed by atoms with Crippen LogP contribution in [0.2, 0.25) is 0 Å². The SMILES string of the molecule is CO[B]Cc1ccsc1. The predicted octanol–water partition coefficient (Wildman–Crippen LogP) is 1.51. The van der Waals surface area contributed by atoms with Gasteiger partial charge < -0.3 is 4.65 Å².